The fourth-order valence-corrected chi connectivity index (χ4v) is 4.23. The number of aliphatic carboxylic acids is 1. The van der Waals surface area contributed by atoms with Gasteiger partial charge >= 0.3 is 5.97 Å². The maximum atomic E-state index is 13.2. The van der Waals surface area contributed by atoms with Gasteiger partial charge in [0.2, 0.25) is 0 Å². The SMILES string of the molecule is CCOc1cccc(C=C2CCn3c2nc2cc(NC(=O)C(Cl)=C(Cl)C(=O)O)ccc2c3=O)c1OCC. The molecule has 0 saturated carbocycles. The van der Waals surface area contributed by atoms with E-state index in [2.05, 4.69) is 5.32 Å². The molecule has 0 atom stereocenters. The lowest BCUT2D eigenvalue weighted by molar-refractivity contribution is -0.132. The standard InChI is InChI=1S/C26H23Cl2N3O6/c1-3-36-19-7-5-6-14(22(19)37-4-2)12-15-10-11-31-23(15)30-18-13-16(8-9-17(18)25(31)33)29-24(32)20(27)21(28)26(34)35/h5-9,12-13H,3-4,10-11H2,1-2H3,(H,29,32)(H,34,35). The number of benzene rings is 2. The number of allylic oxidation sites excluding steroid dienone is 1. The van der Waals surface area contributed by atoms with Crippen molar-refractivity contribution in [2.75, 3.05) is 18.5 Å². The zero-order valence-corrected chi connectivity index (χ0v) is 21.5. The van der Waals surface area contributed by atoms with E-state index in [0.29, 0.717) is 54.4 Å². The Balaban J connectivity index is 1.75. The molecule has 1 aliphatic heterocycles. The van der Waals surface area contributed by atoms with Crippen molar-refractivity contribution in [3.8, 4) is 11.5 Å². The van der Waals surface area contributed by atoms with Crippen molar-refractivity contribution in [2.45, 2.75) is 26.8 Å². The van der Waals surface area contributed by atoms with Crippen LogP contribution in [-0.2, 0) is 16.1 Å². The van der Waals surface area contributed by atoms with Gasteiger partial charge in [-0.1, -0.05) is 35.3 Å². The molecule has 0 fully saturated rings. The molecular formula is C26H23Cl2N3O6. The number of carboxylic acids is 1. The number of carbonyl (C=O) groups excluding carboxylic acids is 1. The van der Waals surface area contributed by atoms with Crippen LogP contribution in [-0.4, -0.2) is 39.7 Å². The van der Waals surface area contributed by atoms with Gasteiger partial charge in [-0.05, 0) is 56.2 Å². The molecule has 0 unspecified atom stereocenters. The minimum absolute atomic E-state index is 0.207. The highest BCUT2D eigenvalue weighted by molar-refractivity contribution is 6.54. The smallest absolute Gasteiger partial charge is 0.349 e. The monoisotopic (exact) mass is 543 g/mol. The molecule has 0 bridgehead atoms. The van der Waals surface area contributed by atoms with E-state index < -0.39 is 21.9 Å². The Kier molecular flexibility index (Phi) is 7.85. The number of anilines is 1. The van der Waals surface area contributed by atoms with Gasteiger partial charge in [-0.2, -0.15) is 0 Å². The first-order valence-electron chi connectivity index (χ1n) is 11.5. The molecule has 2 aromatic carbocycles. The molecule has 0 aliphatic carbocycles. The number of hydrogen-bond donors (Lipinski definition) is 2. The van der Waals surface area contributed by atoms with Crippen molar-refractivity contribution < 1.29 is 24.2 Å². The number of fused-ring (bicyclic) bond motifs is 2. The number of amides is 1. The Hall–Kier alpha value is -3.82. The quantitative estimate of drug-likeness (QED) is 0.389. The number of nitrogens with zero attached hydrogens (tertiary/aromatic N) is 2. The summed E-state index contributed by atoms with van der Waals surface area (Å²) in [6, 6.07) is 10.2. The number of carboxylic acid groups (broad SMARTS) is 1. The molecule has 1 aromatic heterocycles. The number of aromatic nitrogens is 2. The van der Waals surface area contributed by atoms with Crippen LogP contribution in [0.15, 0.2) is 51.3 Å². The highest BCUT2D eigenvalue weighted by Crippen LogP contribution is 2.36. The lowest BCUT2D eigenvalue weighted by Crippen LogP contribution is -2.21. The van der Waals surface area contributed by atoms with E-state index in [-0.39, 0.29) is 11.2 Å². The topological polar surface area (TPSA) is 120 Å². The number of halogens is 2. The summed E-state index contributed by atoms with van der Waals surface area (Å²) < 4.78 is 13.2. The molecular weight excluding hydrogens is 521 g/mol. The predicted molar refractivity (Wildman–Crippen MR) is 142 cm³/mol. The molecule has 1 amide bonds. The Bertz CT molecular complexity index is 1530. The van der Waals surface area contributed by atoms with Crippen LogP contribution in [0.3, 0.4) is 0 Å². The van der Waals surface area contributed by atoms with Gasteiger partial charge < -0.3 is 19.9 Å². The molecule has 3 aromatic rings. The number of para-hydroxylation sites is 1. The van der Waals surface area contributed by atoms with Gasteiger partial charge in [0.15, 0.2) is 11.5 Å². The van der Waals surface area contributed by atoms with E-state index in [4.69, 9.17) is 42.8 Å². The average Bonchev–Trinajstić information content (AvgIpc) is 3.27. The molecule has 0 spiro atoms. The van der Waals surface area contributed by atoms with Crippen LogP contribution < -0.4 is 20.3 Å². The van der Waals surface area contributed by atoms with Crippen molar-refractivity contribution in [3.63, 3.8) is 0 Å². The fraction of sp³-hybridized carbons (Fsp3) is 0.231. The van der Waals surface area contributed by atoms with Gasteiger partial charge in [0, 0.05) is 17.8 Å². The van der Waals surface area contributed by atoms with Crippen molar-refractivity contribution in [1.29, 1.82) is 0 Å². The van der Waals surface area contributed by atoms with Crippen molar-refractivity contribution >= 4 is 63.3 Å². The number of hydrogen-bond acceptors (Lipinski definition) is 6. The maximum Gasteiger partial charge on any atom is 0.349 e. The zero-order chi connectivity index (χ0) is 26.7. The summed E-state index contributed by atoms with van der Waals surface area (Å²) in [5, 5.41) is 10.3. The summed E-state index contributed by atoms with van der Waals surface area (Å²) in [6.07, 6.45) is 2.54. The normalized spacial score (nSPS) is 14.3. The molecule has 2 N–H and O–H groups in total. The first kappa shape index (κ1) is 26.2. The third-order valence-corrected chi connectivity index (χ3v) is 6.42. The van der Waals surface area contributed by atoms with Crippen LogP contribution in [0.5, 0.6) is 11.5 Å². The van der Waals surface area contributed by atoms with Crippen molar-refractivity contribution in [2.24, 2.45) is 0 Å². The lowest BCUT2D eigenvalue weighted by Gasteiger charge is -2.14. The van der Waals surface area contributed by atoms with Gasteiger partial charge in [0.25, 0.3) is 11.5 Å². The van der Waals surface area contributed by atoms with Gasteiger partial charge in [0.05, 0.1) is 24.1 Å². The summed E-state index contributed by atoms with van der Waals surface area (Å²) >= 11 is 11.3. The van der Waals surface area contributed by atoms with Crippen LogP contribution >= 0.6 is 23.2 Å². The van der Waals surface area contributed by atoms with Crippen LogP contribution in [0.4, 0.5) is 5.69 Å². The first-order valence-corrected chi connectivity index (χ1v) is 12.2. The second-order valence-corrected chi connectivity index (χ2v) is 8.73. The van der Waals surface area contributed by atoms with E-state index >= 15 is 0 Å². The number of nitrogens with one attached hydrogen (secondary N) is 1. The third-order valence-electron chi connectivity index (χ3n) is 5.61. The average molecular weight is 544 g/mol. The second-order valence-electron chi connectivity index (χ2n) is 7.97. The minimum Gasteiger partial charge on any atom is -0.490 e. The molecule has 37 heavy (non-hydrogen) atoms. The highest BCUT2D eigenvalue weighted by Gasteiger charge is 2.23. The number of ether oxygens (including phenoxy) is 2. The summed E-state index contributed by atoms with van der Waals surface area (Å²) in [7, 11) is 0. The van der Waals surface area contributed by atoms with Gasteiger partial charge in [0.1, 0.15) is 15.9 Å². The van der Waals surface area contributed by atoms with Crippen LogP contribution in [0.2, 0.25) is 0 Å². The van der Waals surface area contributed by atoms with Crippen molar-refractivity contribution in [1.82, 2.24) is 9.55 Å². The van der Waals surface area contributed by atoms with E-state index in [1.165, 1.54) is 12.1 Å². The van der Waals surface area contributed by atoms with E-state index in [9.17, 15) is 14.4 Å². The lowest BCUT2D eigenvalue weighted by atomic mass is 10.1. The van der Waals surface area contributed by atoms with Crippen LogP contribution in [0, 0.1) is 0 Å². The zero-order valence-electron chi connectivity index (χ0n) is 20.0. The van der Waals surface area contributed by atoms with Crippen molar-refractivity contribution in [3.05, 3.63) is 68.2 Å². The fourth-order valence-electron chi connectivity index (χ4n) is 4.01. The summed E-state index contributed by atoms with van der Waals surface area (Å²) in [4.78, 5) is 41.2. The van der Waals surface area contributed by atoms with E-state index in [0.717, 1.165) is 11.1 Å². The molecule has 0 radical (unpaired) electrons. The largest absolute Gasteiger partial charge is 0.490 e. The summed E-state index contributed by atoms with van der Waals surface area (Å²) in [6.45, 7) is 5.23. The Morgan fingerprint density at radius 1 is 1.14 bits per heavy atom. The molecule has 2 heterocycles. The number of carbonyl (C=O) groups is 2. The van der Waals surface area contributed by atoms with Gasteiger partial charge in [-0.25, -0.2) is 9.78 Å². The minimum atomic E-state index is -1.52. The maximum absolute atomic E-state index is 13.2. The van der Waals surface area contributed by atoms with Gasteiger partial charge in [-0.3, -0.25) is 14.2 Å². The Morgan fingerprint density at radius 2 is 1.89 bits per heavy atom. The van der Waals surface area contributed by atoms with E-state index in [1.807, 2.05) is 38.1 Å². The second kappa shape index (κ2) is 11.1. The highest BCUT2D eigenvalue weighted by atomic mass is 35.5. The summed E-state index contributed by atoms with van der Waals surface area (Å²) in [5.41, 5.74) is 2.08. The predicted octanol–water partition coefficient (Wildman–Crippen LogP) is 4.85. The first-order chi connectivity index (χ1) is 17.7. The van der Waals surface area contributed by atoms with Crippen LogP contribution in [0.25, 0.3) is 22.6 Å². The molecule has 1 aliphatic rings. The summed E-state index contributed by atoms with van der Waals surface area (Å²) in [5.74, 6) is -0.654. The van der Waals surface area contributed by atoms with Crippen LogP contribution in [0.1, 0.15) is 31.7 Å². The van der Waals surface area contributed by atoms with E-state index in [1.54, 1.807) is 10.6 Å². The Labute approximate surface area is 221 Å². The molecule has 192 valence electrons. The molecule has 4 rings (SSSR count). The third kappa shape index (κ3) is 5.33. The number of rotatable bonds is 8. The molecule has 11 heteroatoms. The molecule has 9 nitrogen and oxygen atoms in total. The Morgan fingerprint density at radius 3 is 2.59 bits per heavy atom. The molecule has 0 saturated heterocycles. The van der Waals surface area contributed by atoms with Gasteiger partial charge in [-0.15, -0.1) is 0 Å².